The zero-order valence-corrected chi connectivity index (χ0v) is 11.7. The number of aryl methyl sites for hydroxylation is 1. The van der Waals surface area contributed by atoms with Crippen LogP contribution in [0.1, 0.15) is 50.9 Å². The number of nitrogens with zero attached hydrogens (tertiary/aromatic N) is 1. The number of pyridine rings is 1. The van der Waals surface area contributed by atoms with Crippen molar-refractivity contribution in [1.29, 1.82) is 0 Å². The second-order valence-corrected chi connectivity index (χ2v) is 6.09. The number of aromatic hydroxyl groups is 1. The number of nitrogens with one attached hydrogen (secondary N) is 1. The molecule has 1 aliphatic rings. The van der Waals surface area contributed by atoms with Crippen molar-refractivity contribution in [3.63, 3.8) is 0 Å². The van der Waals surface area contributed by atoms with E-state index >= 15 is 0 Å². The molecule has 0 bridgehead atoms. The summed E-state index contributed by atoms with van der Waals surface area (Å²) in [6, 6.07) is 4.09. The minimum atomic E-state index is 0.293. The maximum atomic E-state index is 9.79. The highest BCUT2D eigenvalue weighted by atomic mass is 16.3. The van der Waals surface area contributed by atoms with E-state index in [4.69, 9.17) is 0 Å². The molecule has 0 aliphatic heterocycles. The Morgan fingerprint density at radius 3 is 2.89 bits per heavy atom. The minimum absolute atomic E-state index is 0.293. The zero-order chi connectivity index (χ0) is 13.2. The highest BCUT2D eigenvalue weighted by molar-refractivity contribution is 5.27. The molecule has 0 aromatic carbocycles. The van der Waals surface area contributed by atoms with Gasteiger partial charge in [-0.05, 0) is 37.3 Å². The van der Waals surface area contributed by atoms with Gasteiger partial charge in [-0.15, -0.1) is 0 Å². The van der Waals surface area contributed by atoms with Crippen LogP contribution >= 0.6 is 0 Å². The third-order valence-corrected chi connectivity index (χ3v) is 4.11. The Kier molecular flexibility index (Phi) is 3.91. The summed E-state index contributed by atoms with van der Waals surface area (Å²) in [5, 5.41) is 13.4. The lowest BCUT2D eigenvalue weighted by Crippen LogP contribution is -2.43. The van der Waals surface area contributed by atoms with Gasteiger partial charge in [0.1, 0.15) is 5.75 Å². The van der Waals surface area contributed by atoms with Crippen molar-refractivity contribution in [3.05, 3.63) is 23.5 Å². The van der Waals surface area contributed by atoms with E-state index in [0.29, 0.717) is 23.8 Å². The fourth-order valence-electron chi connectivity index (χ4n) is 2.83. The molecule has 1 unspecified atom stereocenters. The molecule has 1 heterocycles. The lowest BCUT2D eigenvalue weighted by Gasteiger charge is -2.39. The minimum Gasteiger partial charge on any atom is -0.506 e. The van der Waals surface area contributed by atoms with Crippen LogP contribution in [-0.2, 0) is 6.54 Å². The van der Waals surface area contributed by atoms with Crippen molar-refractivity contribution in [3.8, 4) is 5.75 Å². The second-order valence-electron chi connectivity index (χ2n) is 6.09. The van der Waals surface area contributed by atoms with Crippen LogP contribution in [0.4, 0.5) is 0 Å². The van der Waals surface area contributed by atoms with E-state index in [1.165, 1.54) is 25.7 Å². The maximum absolute atomic E-state index is 9.79. The normalized spacial score (nSPS) is 22.9. The summed E-state index contributed by atoms with van der Waals surface area (Å²) in [6.07, 6.45) is 5.13. The van der Waals surface area contributed by atoms with Gasteiger partial charge in [0.05, 0.1) is 5.69 Å². The Balaban J connectivity index is 2.00. The SMILES string of the molecule is Cc1ccc(O)c(CNC2CCCCC2(C)C)n1. The second kappa shape index (κ2) is 5.27. The molecule has 1 aromatic heterocycles. The van der Waals surface area contributed by atoms with Gasteiger partial charge < -0.3 is 10.4 Å². The average Bonchev–Trinajstić information content (AvgIpc) is 2.31. The van der Waals surface area contributed by atoms with Crippen LogP contribution in [0.2, 0.25) is 0 Å². The third kappa shape index (κ3) is 3.02. The van der Waals surface area contributed by atoms with Gasteiger partial charge in [-0.3, -0.25) is 4.98 Å². The summed E-state index contributed by atoms with van der Waals surface area (Å²) in [5.41, 5.74) is 2.06. The van der Waals surface area contributed by atoms with Gasteiger partial charge in [0.25, 0.3) is 0 Å². The summed E-state index contributed by atoms with van der Waals surface area (Å²) >= 11 is 0. The molecule has 1 saturated carbocycles. The molecule has 1 aromatic rings. The molecule has 1 aliphatic carbocycles. The zero-order valence-electron chi connectivity index (χ0n) is 11.7. The first-order chi connectivity index (χ1) is 8.49. The van der Waals surface area contributed by atoms with Gasteiger partial charge in [-0.25, -0.2) is 0 Å². The molecular formula is C15H24N2O. The Morgan fingerprint density at radius 1 is 1.39 bits per heavy atom. The van der Waals surface area contributed by atoms with Crippen LogP contribution in [0.5, 0.6) is 5.75 Å². The maximum Gasteiger partial charge on any atom is 0.138 e. The quantitative estimate of drug-likeness (QED) is 0.863. The van der Waals surface area contributed by atoms with Gasteiger partial charge in [0, 0.05) is 18.3 Å². The van der Waals surface area contributed by atoms with Crippen molar-refractivity contribution in [2.75, 3.05) is 0 Å². The highest BCUT2D eigenvalue weighted by Gasteiger charge is 2.31. The van der Waals surface area contributed by atoms with E-state index in [-0.39, 0.29) is 0 Å². The van der Waals surface area contributed by atoms with Gasteiger partial charge >= 0.3 is 0 Å². The topological polar surface area (TPSA) is 45.1 Å². The number of rotatable bonds is 3. The highest BCUT2D eigenvalue weighted by Crippen LogP contribution is 2.35. The van der Waals surface area contributed by atoms with Gasteiger partial charge in [-0.2, -0.15) is 0 Å². The number of aromatic nitrogens is 1. The Morgan fingerprint density at radius 2 is 2.17 bits per heavy atom. The summed E-state index contributed by atoms with van der Waals surface area (Å²) in [5.74, 6) is 0.293. The number of hydrogen-bond donors (Lipinski definition) is 2. The Labute approximate surface area is 110 Å². The van der Waals surface area contributed by atoms with Crippen LogP contribution in [-0.4, -0.2) is 16.1 Å². The van der Waals surface area contributed by atoms with Gasteiger partial charge in [0.2, 0.25) is 0 Å². The van der Waals surface area contributed by atoms with Crippen molar-refractivity contribution < 1.29 is 5.11 Å². The molecule has 3 heteroatoms. The van der Waals surface area contributed by atoms with Crippen LogP contribution in [0, 0.1) is 12.3 Å². The molecule has 0 amide bonds. The molecule has 0 spiro atoms. The van der Waals surface area contributed by atoms with Crippen LogP contribution in [0.25, 0.3) is 0 Å². The molecule has 0 saturated heterocycles. The first-order valence-corrected chi connectivity index (χ1v) is 6.88. The monoisotopic (exact) mass is 248 g/mol. The van der Waals surface area contributed by atoms with Gasteiger partial charge in [0.15, 0.2) is 0 Å². The predicted molar refractivity (Wildman–Crippen MR) is 73.5 cm³/mol. The van der Waals surface area contributed by atoms with Crippen molar-refractivity contribution in [2.45, 2.75) is 59.0 Å². The van der Waals surface area contributed by atoms with E-state index in [2.05, 4.69) is 24.1 Å². The van der Waals surface area contributed by atoms with Crippen LogP contribution in [0.3, 0.4) is 0 Å². The summed E-state index contributed by atoms with van der Waals surface area (Å²) in [4.78, 5) is 4.39. The summed E-state index contributed by atoms with van der Waals surface area (Å²) in [7, 11) is 0. The number of hydrogen-bond acceptors (Lipinski definition) is 3. The molecule has 1 atom stereocenters. The first kappa shape index (κ1) is 13.3. The van der Waals surface area contributed by atoms with Crippen LogP contribution < -0.4 is 5.32 Å². The van der Waals surface area contributed by atoms with Crippen molar-refractivity contribution in [2.24, 2.45) is 5.41 Å². The lowest BCUT2D eigenvalue weighted by atomic mass is 9.73. The molecule has 0 radical (unpaired) electrons. The molecule has 2 rings (SSSR count). The van der Waals surface area contributed by atoms with E-state index in [1.54, 1.807) is 6.07 Å². The Hall–Kier alpha value is -1.09. The molecule has 1 fully saturated rings. The molecule has 3 nitrogen and oxygen atoms in total. The fourth-order valence-corrected chi connectivity index (χ4v) is 2.83. The van der Waals surface area contributed by atoms with E-state index in [0.717, 1.165) is 11.4 Å². The summed E-state index contributed by atoms with van der Waals surface area (Å²) < 4.78 is 0. The fraction of sp³-hybridized carbons (Fsp3) is 0.667. The molecule has 100 valence electrons. The average molecular weight is 248 g/mol. The summed E-state index contributed by atoms with van der Waals surface area (Å²) in [6.45, 7) is 7.26. The van der Waals surface area contributed by atoms with E-state index < -0.39 is 0 Å². The molecule has 2 N–H and O–H groups in total. The standard InChI is InChI=1S/C15H24N2O/c1-11-7-8-13(18)12(17-11)10-16-14-6-4-5-9-15(14,2)3/h7-8,14,16,18H,4-6,9-10H2,1-3H3. The van der Waals surface area contributed by atoms with Crippen molar-refractivity contribution >= 4 is 0 Å². The van der Waals surface area contributed by atoms with Crippen molar-refractivity contribution in [1.82, 2.24) is 10.3 Å². The smallest absolute Gasteiger partial charge is 0.138 e. The van der Waals surface area contributed by atoms with Crippen LogP contribution in [0.15, 0.2) is 12.1 Å². The predicted octanol–water partition coefficient (Wildman–Crippen LogP) is 3.15. The first-order valence-electron chi connectivity index (χ1n) is 6.88. The van der Waals surface area contributed by atoms with Gasteiger partial charge in [-0.1, -0.05) is 26.7 Å². The molecular weight excluding hydrogens is 224 g/mol. The largest absolute Gasteiger partial charge is 0.506 e. The van der Waals surface area contributed by atoms with E-state index in [9.17, 15) is 5.11 Å². The third-order valence-electron chi connectivity index (χ3n) is 4.11. The lowest BCUT2D eigenvalue weighted by molar-refractivity contribution is 0.166. The van der Waals surface area contributed by atoms with E-state index in [1.807, 2.05) is 13.0 Å². The Bertz CT molecular complexity index is 415. The molecule has 18 heavy (non-hydrogen) atoms.